The van der Waals surface area contributed by atoms with Crippen molar-refractivity contribution < 1.29 is 17.9 Å². The summed E-state index contributed by atoms with van der Waals surface area (Å²) in [6.07, 6.45) is 2.85. The smallest absolute Gasteiger partial charge is 0.263 e. The molecule has 8 heteroatoms. The van der Waals surface area contributed by atoms with Gasteiger partial charge in [0, 0.05) is 18.2 Å². The summed E-state index contributed by atoms with van der Waals surface area (Å²) in [5, 5.41) is 14.8. The Morgan fingerprint density at radius 1 is 1.43 bits per heavy atom. The highest BCUT2D eigenvalue weighted by Gasteiger charge is 2.19. The third kappa shape index (κ3) is 3.81. The van der Waals surface area contributed by atoms with E-state index in [9.17, 15) is 12.8 Å². The van der Waals surface area contributed by atoms with Crippen molar-refractivity contribution in [1.29, 1.82) is 0 Å². The van der Waals surface area contributed by atoms with Crippen LogP contribution in [0.1, 0.15) is 12.0 Å². The number of hydrogen-bond acceptors (Lipinski definition) is 4. The van der Waals surface area contributed by atoms with Crippen LogP contribution >= 0.6 is 0 Å². The number of rotatable bonds is 4. The van der Waals surface area contributed by atoms with E-state index in [1.807, 2.05) is 0 Å². The van der Waals surface area contributed by atoms with Crippen molar-refractivity contribution in [2.45, 2.75) is 11.3 Å². The topological polar surface area (TPSA) is 95.1 Å². The first-order valence-corrected chi connectivity index (χ1v) is 7.42. The van der Waals surface area contributed by atoms with Crippen molar-refractivity contribution >= 4 is 15.7 Å². The highest BCUT2D eigenvalue weighted by Crippen LogP contribution is 2.19. The Balaban J connectivity index is 2.41. The van der Waals surface area contributed by atoms with E-state index in [4.69, 9.17) is 5.11 Å². The number of hydrogen-bond donors (Lipinski definition) is 3. The molecule has 0 spiro atoms. The van der Waals surface area contributed by atoms with E-state index in [0.717, 1.165) is 18.2 Å². The lowest BCUT2D eigenvalue weighted by molar-refractivity contribution is 0.305. The summed E-state index contributed by atoms with van der Waals surface area (Å²) in [5.41, 5.74) is 0.285. The second kappa shape index (κ2) is 6.39. The molecule has 3 N–H and O–H groups in total. The molecule has 21 heavy (non-hydrogen) atoms. The Labute approximate surface area is 121 Å². The van der Waals surface area contributed by atoms with Gasteiger partial charge in [0.1, 0.15) is 10.7 Å². The first-order valence-electron chi connectivity index (χ1n) is 5.94. The highest BCUT2D eigenvalue weighted by molar-refractivity contribution is 7.92. The largest absolute Gasteiger partial charge is 0.395 e. The van der Waals surface area contributed by atoms with E-state index < -0.39 is 15.8 Å². The van der Waals surface area contributed by atoms with Crippen LogP contribution in [-0.4, -0.2) is 30.3 Å². The molecule has 0 atom stereocenters. The molecule has 0 aliphatic heterocycles. The standard InChI is InChI=1S/C13H12FN3O3S/c14-11-4-5-13(10(7-11)3-1-2-6-18)21(19,20)17-12-8-15-16-9-12/h4-5,7-9,17-18H,2,6H2,(H,15,16). The number of benzene rings is 1. The Morgan fingerprint density at radius 2 is 2.24 bits per heavy atom. The molecule has 1 heterocycles. The number of halogens is 1. The van der Waals surface area contributed by atoms with Gasteiger partial charge in [0.25, 0.3) is 10.0 Å². The van der Waals surface area contributed by atoms with E-state index in [0.29, 0.717) is 0 Å². The van der Waals surface area contributed by atoms with Crippen molar-refractivity contribution in [2.24, 2.45) is 0 Å². The first kappa shape index (κ1) is 15.0. The van der Waals surface area contributed by atoms with E-state index in [2.05, 4.69) is 26.8 Å². The maximum atomic E-state index is 13.3. The third-order valence-electron chi connectivity index (χ3n) is 2.44. The van der Waals surface area contributed by atoms with Crippen LogP contribution in [0.25, 0.3) is 0 Å². The molecule has 0 unspecified atom stereocenters. The number of H-pyrrole nitrogens is 1. The lowest BCUT2D eigenvalue weighted by atomic mass is 10.2. The summed E-state index contributed by atoms with van der Waals surface area (Å²) in [6.45, 7) is -0.155. The summed E-state index contributed by atoms with van der Waals surface area (Å²) in [5.74, 6) is 4.53. The van der Waals surface area contributed by atoms with Gasteiger partial charge < -0.3 is 5.11 Å². The summed E-state index contributed by atoms with van der Waals surface area (Å²) >= 11 is 0. The molecule has 2 rings (SSSR count). The minimum absolute atomic E-state index is 0.0273. The second-order valence-corrected chi connectivity index (χ2v) is 5.66. The van der Waals surface area contributed by atoms with Gasteiger partial charge in [-0.3, -0.25) is 9.82 Å². The van der Waals surface area contributed by atoms with Gasteiger partial charge >= 0.3 is 0 Å². The molecule has 0 saturated carbocycles. The molecule has 6 nitrogen and oxygen atoms in total. The first-order chi connectivity index (χ1) is 10.0. The van der Waals surface area contributed by atoms with Crippen LogP contribution in [0.5, 0.6) is 0 Å². The molecule has 1 aromatic carbocycles. The lowest BCUT2D eigenvalue weighted by Crippen LogP contribution is -2.14. The SMILES string of the molecule is O=S(=O)(Nc1cn[nH]c1)c1ccc(F)cc1C#CCCO. The molecular weight excluding hydrogens is 297 g/mol. The summed E-state index contributed by atoms with van der Waals surface area (Å²) in [6, 6.07) is 3.22. The van der Waals surface area contributed by atoms with Crippen LogP contribution in [0.4, 0.5) is 10.1 Å². The number of aromatic amines is 1. The van der Waals surface area contributed by atoms with E-state index in [1.165, 1.54) is 12.4 Å². The number of sulfonamides is 1. The summed E-state index contributed by atoms with van der Waals surface area (Å²) < 4.78 is 40.1. The fraction of sp³-hybridized carbons (Fsp3) is 0.154. The maximum absolute atomic E-state index is 13.3. The third-order valence-corrected chi connectivity index (χ3v) is 3.88. The van der Waals surface area contributed by atoms with E-state index in [1.54, 1.807) is 0 Å². The predicted molar refractivity (Wildman–Crippen MR) is 74.4 cm³/mol. The Morgan fingerprint density at radius 3 is 2.90 bits per heavy atom. The fourth-order valence-corrected chi connectivity index (χ4v) is 2.74. The number of nitrogens with one attached hydrogen (secondary N) is 2. The van der Waals surface area contributed by atoms with E-state index >= 15 is 0 Å². The van der Waals surface area contributed by atoms with Gasteiger partial charge in [-0.25, -0.2) is 12.8 Å². The second-order valence-electron chi connectivity index (χ2n) is 4.01. The van der Waals surface area contributed by atoms with Gasteiger partial charge in [-0.2, -0.15) is 5.10 Å². The number of anilines is 1. The van der Waals surface area contributed by atoms with Crippen LogP contribution in [0.2, 0.25) is 0 Å². The van der Waals surface area contributed by atoms with Gasteiger partial charge in [-0.05, 0) is 18.2 Å². The Hall–Kier alpha value is -2.37. The number of aliphatic hydroxyl groups excluding tert-OH is 1. The maximum Gasteiger partial charge on any atom is 0.263 e. The summed E-state index contributed by atoms with van der Waals surface area (Å²) in [4.78, 5) is -0.143. The Kier molecular flexibility index (Phi) is 4.57. The number of aromatic nitrogens is 2. The Bertz CT molecular complexity index is 777. The van der Waals surface area contributed by atoms with Crippen molar-refractivity contribution in [3.8, 4) is 11.8 Å². The fourth-order valence-electron chi connectivity index (χ4n) is 1.56. The van der Waals surface area contributed by atoms with Crippen molar-refractivity contribution in [1.82, 2.24) is 10.2 Å². The normalized spacial score (nSPS) is 10.8. The zero-order valence-corrected chi connectivity index (χ0v) is 11.6. The van der Waals surface area contributed by atoms with Crippen molar-refractivity contribution in [3.63, 3.8) is 0 Å². The molecular formula is C13H12FN3O3S. The number of nitrogens with zero attached hydrogens (tertiary/aromatic N) is 1. The van der Waals surface area contributed by atoms with Crippen LogP contribution < -0.4 is 4.72 Å². The molecule has 0 aliphatic carbocycles. The van der Waals surface area contributed by atoms with Crippen LogP contribution in [0, 0.1) is 17.7 Å². The van der Waals surface area contributed by atoms with Crippen molar-refractivity contribution in [3.05, 3.63) is 42.0 Å². The van der Waals surface area contributed by atoms with Crippen LogP contribution in [0.15, 0.2) is 35.5 Å². The minimum atomic E-state index is -3.91. The molecule has 1 aromatic heterocycles. The van der Waals surface area contributed by atoms with Gasteiger partial charge in [0.2, 0.25) is 0 Å². The average molecular weight is 309 g/mol. The average Bonchev–Trinajstić information content (AvgIpc) is 2.91. The van der Waals surface area contributed by atoms with Crippen LogP contribution in [-0.2, 0) is 10.0 Å². The monoisotopic (exact) mass is 309 g/mol. The zero-order chi connectivity index (χ0) is 15.3. The predicted octanol–water partition coefficient (Wildman–Crippen LogP) is 1.08. The molecule has 0 fully saturated rings. The minimum Gasteiger partial charge on any atom is -0.395 e. The molecule has 0 amide bonds. The lowest BCUT2D eigenvalue weighted by Gasteiger charge is -2.08. The molecule has 0 saturated heterocycles. The van der Waals surface area contributed by atoms with Crippen molar-refractivity contribution in [2.75, 3.05) is 11.3 Å². The molecule has 0 bridgehead atoms. The molecule has 110 valence electrons. The van der Waals surface area contributed by atoms with Gasteiger partial charge in [0.05, 0.1) is 18.5 Å². The van der Waals surface area contributed by atoms with Gasteiger partial charge in [-0.15, -0.1) is 0 Å². The van der Waals surface area contributed by atoms with Gasteiger partial charge in [0.15, 0.2) is 0 Å². The highest BCUT2D eigenvalue weighted by atomic mass is 32.2. The summed E-state index contributed by atoms with van der Waals surface area (Å²) in [7, 11) is -3.91. The van der Waals surface area contributed by atoms with Crippen LogP contribution in [0.3, 0.4) is 0 Å². The van der Waals surface area contributed by atoms with Gasteiger partial charge in [-0.1, -0.05) is 11.8 Å². The zero-order valence-electron chi connectivity index (χ0n) is 10.8. The quantitative estimate of drug-likeness (QED) is 0.737. The number of aliphatic hydroxyl groups is 1. The molecule has 2 aromatic rings. The van der Waals surface area contributed by atoms with E-state index in [-0.39, 0.29) is 29.2 Å². The molecule has 0 aliphatic rings. The molecule has 0 radical (unpaired) electrons.